The first-order chi connectivity index (χ1) is 30.6. The van der Waals surface area contributed by atoms with Crippen LogP contribution in [-0.4, -0.2) is 100 Å². The highest BCUT2D eigenvalue weighted by Crippen LogP contribution is 2.70. The smallest absolute Gasteiger partial charge is 0.208 e. The lowest BCUT2D eigenvalue weighted by Gasteiger charge is -2.68. The molecule has 0 heterocycles. The molecule has 8 unspecified atom stereocenters. The average Bonchev–Trinajstić information content (AvgIpc) is 3.28. The van der Waals surface area contributed by atoms with Crippen molar-refractivity contribution in [3.8, 4) is 108 Å². The fraction of sp³-hybridized carbons (Fsp3) is 0.348. The molecular weight excluding hydrogens is 839 g/mol. The maximum absolute atomic E-state index is 11.9. The van der Waals surface area contributed by atoms with Gasteiger partial charge in [-0.3, -0.25) is 0 Å². The van der Waals surface area contributed by atoms with E-state index in [0.717, 1.165) is 35.1 Å². The van der Waals surface area contributed by atoms with Crippen LogP contribution in [0.25, 0.3) is 22.3 Å². The molecule has 5 aliphatic rings. The number of phenols is 15. The van der Waals surface area contributed by atoms with Gasteiger partial charge in [0.1, 0.15) is 35.0 Å². The van der Waals surface area contributed by atoms with Crippen molar-refractivity contribution in [1.29, 1.82) is 0 Å². The highest BCUT2D eigenvalue weighted by atomic mass is 16.4. The number of hydrogen-bond donors (Lipinski definition) is 15. The van der Waals surface area contributed by atoms with Gasteiger partial charge in [-0.1, -0.05) is 43.3 Å². The molecule has 5 aromatic carbocycles. The van der Waals surface area contributed by atoms with Crippen molar-refractivity contribution < 1.29 is 76.6 Å². The van der Waals surface area contributed by atoms with Gasteiger partial charge >= 0.3 is 0 Å². The van der Waals surface area contributed by atoms with Crippen LogP contribution in [0.4, 0.5) is 17.1 Å². The lowest BCUT2D eigenvalue weighted by Crippen LogP contribution is -2.62. The molecule has 5 aromatic rings. The Bertz CT molecular complexity index is 2620. The SMILES string of the molecule is [B]c1c([B])c(-c2c(O)c(O)c(N(c3ccc(C4(C)C(CC)CC5C6CC7CC(C6)C4C5C7)cc3)c3c([B])c(O)c(-c4c(O)c(O)c(O)c(O)c4O)c(O)c3O)c(O)c2O)c(O)c(O)c1O. The second-order valence-electron chi connectivity index (χ2n) is 18.4. The summed E-state index contributed by atoms with van der Waals surface area (Å²) in [5.74, 6) is -15.9. The first kappa shape index (κ1) is 43.4. The largest absolute Gasteiger partial charge is 0.508 e. The number of phenolic OH excluding ortho intramolecular Hbond substituents is 15. The van der Waals surface area contributed by atoms with E-state index in [0.29, 0.717) is 29.6 Å². The Kier molecular flexibility index (Phi) is 9.71. The van der Waals surface area contributed by atoms with E-state index >= 15 is 0 Å². The first-order valence-electron chi connectivity index (χ1n) is 21.1. The van der Waals surface area contributed by atoms with E-state index < -0.39 is 136 Å². The summed E-state index contributed by atoms with van der Waals surface area (Å²) in [4.78, 5) is 0.738. The van der Waals surface area contributed by atoms with E-state index in [1.54, 1.807) is 0 Å². The molecule has 15 N–H and O–H groups in total. The Morgan fingerprint density at radius 1 is 0.462 bits per heavy atom. The quantitative estimate of drug-likeness (QED) is 0.0610. The van der Waals surface area contributed by atoms with Crippen molar-refractivity contribution in [3.05, 3.63) is 29.8 Å². The molecule has 10 rings (SSSR count). The van der Waals surface area contributed by atoms with Crippen molar-refractivity contribution in [2.24, 2.45) is 41.4 Å². The summed E-state index contributed by atoms with van der Waals surface area (Å²) in [5.41, 5.74) is -7.74. The Hall–Kier alpha value is -6.91. The second kappa shape index (κ2) is 14.6. The van der Waals surface area contributed by atoms with Crippen LogP contribution < -0.4 is 21.3 Å². The van der Waals surface area contributed by atoms with Gasteiger partial charge in [0.25, 0.3) is 0 Å². The summed E-state index contributed by atoms with van der Waals surface area (Å²) in [6.45, 7) is 4.48. The molecule has 332 valence electrons. The third-order valence-electron chi connectivity index (χ3n) is 15.6. The minimum atomic E-state index is -1.41. The van der Waals surface area contributed by atoms with Gasteiger partial charge in [-0.25, -0.2) is 0 Å². The van der Waals surface area contributed by atoms with Crippen molar-refractivity contribution in [3.63, 3.8) is 0 Å². The minimum absolute atomic E-state index is 0.102. The molecule has 0 spiro atoms. The minimum Gasteiger partial charge on any atom is -0.508 e. The van der Waals surface area contributed by atoms with Gasteiger partial charge in [-0.15, -0.1) is 0 Å². The molecule has 16 nitrogen and oxygen atoms in total. The molecule has 5 saturated carbocycles. The highest BCUT2D eigenvalue weighted by Gasteiger charge is 2.63. The molecule has 0 saturated heterocycles. The van der Waals surface area contributed by atoms with Crippen molar-refractivity contribution in [1.82, 2.24) is 0 Å². The Labute approximate surface area is 375 Å². The number of nitrogens with zero attached hydrogens (tertiary/aromatic N) is 1. The normalized spacial score (nSPS) is 25.2. The highest BCUT2D eigenvalue weighted by molar-refractivity contribution is 6.52. The standard InChI is InChI=1S/C46H44B3NO15/c1-3-16-12-19-14-8-13-9-15(11-14)25(20(19)10-13)46(16,2)17-4-6-18(7-5-17)50(29-28(49)31(51)23(35(55)39(29)59)24-36(56)43(63)45(65)44(64)37(24)57)30-40(60)33(53)22(34(54)41(30)61)21-26(47)27(48)38(58)42(62)32(21)52/h4-7,13-16,19-20,25,51-65H,3,8-12H2,1-2H3. The van der Waals surface area contributed by atoms with E-state index in [9.17, 15) is 76.6 Å². The molecule has 65 heavy (non-hydrogen) atoms. The van der Waals surface area contributed by atoms with E-state index in [2.05, 4.69) is 13.8 Å². The molecule has 6 radical (unpaired) electrons. The van der Waals surface area contributed by atoms with Crippen LogP contribution in [0.1, 0.15) is 57.9 Å². The monoisotopic (exact) mass is 883 g/mol. The number of rotatable bonds is 7. The summed E-state index contributed by atoms with van der Waals surface area (Å²) in [6, 6.07) is 6.68. The maximum Gasteiger partial charge on any atom is 0.208 e. The van der Waals surface area contributed by atoms with Crippen LogP contribution in [0.3, 0.4) is 0 Å². The summed E-state index contributed by atoms with van der Waals surface area (Å²) < 4.78 is 0. The maximum atomic E-state index is 11.9. The number of anilines is 3. The van der Waals surface area contributed by atoms with Crippen LogP contribution in [0.15, 0.2) is 24.3 Å². The molecule has 6 bridgehead atoms. The summed E-state index contributed by atoms with van der Waals surface area (Å²) >= 11 is 0. The summed E-state index contributed by atoms with van der Waals surface area (Å²) in [6.07, 6.45) is 6.81. The first-order valence-corrected chi connectivity index (χ1v) is 21.1. The Balaban J connectivity index is 1.28. The number of aromatic hydroxyl groups is 15. The zero-order chi connectivity index (χ0) is 47.2. The van der Waals surface area contributed by atoms with Crippen LogP contribution in [-0.2, 0) is 5.41 Å². The fourth-order valence-corrected chi connectivity index (χ4v) is 12.8. The summed E-state index contributed by atoms with van der Waals surface area (Å²) in [5, 5.41) is 166. The zero-order valence-electron chi connectivity index (χ0n) is 35.0. The number of benzene rings is 5. The van der Waals surface area contributed by atoms with Gasteiger partial charge in [-0.05, 0) is 102 Å². The van der Waals surface area contributed by atoms with Gasteiger partial charge < -0.3 is 81.5 Å². The van der Waals surface area contributed by atoms with E-state index in [1.165, 1.54) is 37.8 Å². The lowest BCUT2D eigenvalue weighted by atomic mass is 9.37. The molecule has 0 aliphatic heterocycles. The Morgan fingerprint density at radius 2 is 0.923 bits per heavy atom. The molecule has 5 fully saturated rings. The van der Waals surface area contributed by atoms with Gasteiger partial charge in [0.15, 0.2) is 63.2 Å². The van der Waals surface area contributed by atoms with Crippen LogP contribution in [0.5, 0.6) is 86.2 Å². The van der Waals surface area contributed by atoms with Gasteiger partial charge in [0.2, 0.25) is 17.2 Å². The van der Waals surface area contributed by atoms with Crippen LogP contribution in [0, 0.1) is 41.4 Å². The van der Waals surface area contributed by atoms with Crippen molar-refractivity contribution >= 4 is 57.0 Å². The van der Waals surface area contributed by atoms with Gasteiger partial charge in [-0.2, -0.15) is 0 Å². The second-order valence-corrected chi connectivity index (χ2v) is 18.4. The zero-order valence-corrected chi connectivity index (χ0v) is 35.0. The average molecular weight is 883 g/mol. The molecular formula is C46H44B3NO15. The molecule has 19 heteroatoms. The van der Waals surface area contributed by atoms with Crippen molar-refractivity contribution in [2.75, 3.05) is 4.90 Å². The Morgan fingerprint density at radius 3 is 1.49 bits per heavy atom. The van der Waals surface area contributed by atoms with Crippen LogP contribution in [0.2, 0.25) is 0 Å². The fourth-order valence-electron chi connectivity index (χ4n) is 12.8. The molecule has 0 amide bonds. The summed E-state index contributed by atoms with van der Waals surface area (Å²) in [7, 11) is 18.3. The van der Waals surface area contributed by atoms with Gasteiger partial charge in [0, 0.05) is 11.3 Å². The third kappa shape index (κ3) is 5.65. The van der Waals surface area contributed by atoms with Crippen LogP contribution >= 0.6 is 0 Å². The van der Waals surface area contributed by atoms with Crippen molar-refractivity contribution in [2.45, 2.75) is 57.8 Å². The predicted molar refractivity (Wildman–Crippen MR) is 238 cm³/mol. The molecule has 0 aromatic heterocycles. The topological polar surface area (TPSA) is 307 Å². The third-order valence-corrected chi connectivity index (χ3v) is 15.6. The number of hydrogen-bond acceptors (Lipinski definition) is 16. The molecule has 5 aliphatic carbocycles. The van der Waals surface area contributed by atoms with Gasteiger partial charge in [0.05, 0.1) is 22.4 Å². The van der Waals surface area contributed by atoms with E-state index in [1.807, 2.05) is 12.1 Å². The lowest BCUT2D eigenvalue weighted by molar-refractivity contribution is -0.162. The van der Waals surface area contributed by atoms with E-state index in [4.69, 9.17) is 23.5 Å². The molecule has 8 atom stereocenters. The predicted octanol–water partition coefficient (Wildman–Crippen LogP) is 4.44. The van der Waals surface area contributed by atoms with E-state index in [-0.39, 0.29) is 11.1 Å².